The molecule has 1 aliphatic rings. The molecule has 10 heteroatoms. The molecule has 0 amide bonds. The topological polar surface area (TPSA) is 99.2 Å². The predicted molar refractivity (Wildman–Crippen MR) is 152 cm³/mol. The fourth-order valence-electron chi connectivity index (χ4n) is 4.26. The molecule has 0 spiro atoms. The third-order valence-corrected chi connectivity index (χ3v) is 10.3. The molecule has 0 bridgehead atoms. The van der Waals surface area contributed by atoms with Crippen molar-refractivity contribution in [3.8, 4) is 0 Å². The number of carbonyl (C=O) groups excluding carboxylic acids is 1. The van der Waals surface area contributed by atoms with Crippen LogP contribution in [0, 0.1) is 6.92 Å². The van der Waals surface area contributed by atoms with Crippen LogP contribution >= 0.6 is 7.60 Å². The van der Waals surface area contributed by atoms with Crippen LogP contribution in [0.3, 0.4) is 0 Å². The van der Waals surface area contributed by atoms with E-state index in [2.05, 4.69) is 0 Å². The van der Waals surface area contributed by atoms with Crippen molar-refractivity contribution in [1.82, 2.24) is 4.31 Å². The summed E-state index contributed by atoms with van der Waals surface area (Å²) in [5.41, 5.74) is 1.78. The number of carbonyl (C=O) groups is 1. The monoisotopic (exact) mass is 577 g/mol. The molecule has 1 heterocycles. The Morgan fingerprint density at radius 2 is 1.54 bits per heavy atom. The van der Waals surface area contributed by atoms with Crippen molar-refractivity contribution in [3.63, 3.8) is 0 Å². The molecule has 1 fully saturated rings. The smallest absolute Gasteiger partial charge is 0.375 e. The van der Waals surface area contributed by atoms with E-state index in [1.165, 1.54) is 0 Å². The minimum Gasteiger partial charge on any atom is -0.477 e. The number of unbranched alkanes of at least 4 members (excludes halogenated alkanes) is 1. The lowest BCUT2D eigenvalue weighted by Gasteiger charge is -2.31. The first kappa shape index (κ1) is 31.2. The van der Waals surface area contributed by atoms with Crippen LogP contribution in [0.15, 0.2) is 70.8 Å². The normalized spacial score (nSPS) is 17.2. The van der Waals surface area contributed by atoms with Gasteiger partial charge in [0, 0.05) is 24.1 Å². The SMILES string of the molecule is CCCC/C(O[C@@H](c1ccccc1)P(=O)(OC(C)C)OC(C)C)=C1/CN(S(=O)(=O)c2ccc(C)cc2)CC1=O. The fourth-order valence-corrected chi connectivity index (χ4v) is 7.86. The molecule has 0 saturated carbocycles. The molecule has 0 radical (unpaired) electrons. The Balaban J connectivity index is 2.07. The predicted octanol–water partition coefficient (Wildman–Crippen LogP) is 6.77. The van der Waals surface area contributed by atoms with Crippen molar-refractivity contribution in [1.29, 1.82) is 0 Å². The Bertz CT molecular complexity index is 1290. The highest BCUT2D eigenvalue weighted by Crippen LogP contribution is 2.63. The summed E-state index contributed by atoms with van der Waals surface area (Å²) in [7, 11) is -7.81. The highest BCUT2D eigenvalue weighted by molar-refractivity contribution is 7.89. The first-order valence-corrected chi connectivity index (χ1v) is 16.4. The highest BCUT2D eigenvalue weighted by atomic mass is 32.2. The maximum atomic E-state index is 14.3. The van der Waals surface area contributed by atoms with Gasteiger partial charge in [-0.25, -0.2) is 8.42 Å². The number of sulfonamides is 1. The molecule has 0 aromatic heterocycles. The van der Waals surface area contributed by atoms with Gasteiger partial charge in [0.2, 0.25) is 15.9 Å². The van der Waals surface area contributed by atoms with Gasteiger partial charge < -0.3 is 13.8 Å². The number of hydrogen-bond donors (Lipinski definition) is 0. The maximum absolute atomic E-state index is 14.3. The van der Waals surface area contributed by atoms with E-state index in [1.54, 1.807) is 76.2 Å². The van der Waals surface area contributed by atoms with Gasteiger partial charge in [0.25, 0.3) is 0 Å². The third kappa shape index (κ3) is 7.89. The number of benzene rings is 2. The molecule has 1 saturated heterocycles. The van der Waals surface area contributed by atoms with Crippen LogP contribution in [0.1, 0.15) is 70.9 Å². The van der Waals surface area contributed by atoms with Crippen molar-refractivity contribution in [2.75, 3.05) is 13.1 Å². The fraction of sp³-hybridized carbons (Fsp3) is 0.483. The average molecular weight is 578 g/mol. The molecule has 8 nitrogen and oxygen atoms in total. The van der Waals surface area contributed by atoms with E-state index in [-0.39, 0.29) is 29.3 Å². The van der Waals surface area contributed by atoms with Gasteiger partial charge in [-0.3, -0.25) is 9.36 Å². The summed E-state index contributed by atoms with van der Waals surface area (Å²) < 4.78 is 60.4. The summed E-state index contributed by atoms with van der Waals surface area (Å²) in [6.45, 7) is 10.5. The van der Waals surface area contributed by atoms with Crippen molar-refractivity contribution in [3.05, 3.63) is 77.1 Å². The Morgan fingerprint density at radius 3 is 2.08 bits per heavy atom. The summed E-state index contributed by atoms with van der Waals surface area (Å²) in [6.07, 6.45) is 1.05. The molecule has 3 rings (SSSR count). The van der Waals surface area contributed by atoms with Gasteiger partial charge in [0.15, 0.2) is 5.78 Å². The first-order valence-electron chi connectivity index (χ1n) is 13.4. The standard InChI is InChI=1S/C29H40NO7PS/c1-7-8-14-28(26-19-30(20-27(26)31)39(33,34)25-17-15-23(6)16-18-25)35-29(24-12-10-9-11-13-24)38(32,36-21(2)3)37-22(4)5/h9-13,15-18,21-22,29H,7-8,14,19-20H2,1-6H3/b28-26+/t29-/m1/s1. The van der Waals surface area contributed by atoms with Crippen LogP contribution in [-0.4, -0.2) is 43.8 Å². The lowest BCUT2D eigenvalue weighted by Crippen LogP contribution is -2.29. The van der Waals surface area contributed by atoms with E-state index in [0.717, 1.165) is 16.3 Å². The lowest BCUT2D eigenvalue weighted by atomic mass is 10.1. The summed E-state index contributed by atoms with van der Waals surface area (Å²) in [5, 5.41) is 0. The second-order valence-corrected chi connectivity index (χ2v) is 14.2. The zero-order chi connectivity index (χ0) is 28.8. The highest BCUT2D eigenvalue weighted by Gasteiger charge is 2.43. The van der Waals surface area contributed by atoms with Crippen LogP contribution < -0.4 is 0 Å². The van der Waals surface area contributed by atoms with E-state index in [4.69, 9.17) is 13.8 Å². The Kier molecular flexibility index (Phi) is 10.7. The Hall–Kier alpha value is -2.29. The quantitative estimate of drug-likeness (QED) is 0.147. The van der Waals surface area contributed by atoms with Crippen molar-refractivity contribution < 1.29 is 31.6 Å². The van der Waals surface area contributed by atoms with Crippen molar-refractivity contribution in [2.45, 2.75) is 83.8 Å². The van der Waals surface area contributed by atoms with Crippen LogP contribution in [0.2, 0.25) is 0 Å². The van der Waals surface area contributed by atoms with Crippen molar-refractivity contribution >= 4 is 23.4 Å². The lowest BCUT2D eigenvalue weighted by molar-refractivity contribution is -0.114. The van der Waals surface area contributed by atoms with E-state index < -0.39 is 35.7 Å². The number of ether oxygens (including phenoxy) is 1. The second-order valence-electron chi connectivity index (χ2n) is 10.2. The minimum absolute atomic E-state index is 0.125. The minimum atomic E-state index is -3.91. The van der Waals surface area contributed by atoms with Crippen LogP contribution in [-0.2, 0) is 33.2 Å². The number of rotatable bonds is 13. The van der Waals surface area contributed by atoms with Crippen LogP contribution in [0.25, 0.3) is 0 Å². The van der Waals surface area contributed by atoms with E-state index in [1.807, 2.05) is 19.9 Å². The average Bonchev–Trinajstić information content (AvgIpc) is 3.26. The molecule has 2 aromatic rings. The van der Waals surface area contributed by atoms with E-state index in [9.17, 15) is 17.8 Å². The van der Waals surface area contributed by atoms with E-state index in [0.29, 0.717) is 24.2 Å². The molecule has 0 N–H and O–H groups in total. The maximum Gasteiger partial charge on any atom is 0.375 e. The van der Waals surface area contributed by atoms with Crippen molar-refractivity contribution in [2.24, 2.45) is 0 Å². The number of nitrogens with zero attached hydrogens (tertiary/aromatic N) is 1. The van der Waals surface area contributed by atoms with Crippen LogP contribution in [0.5, 0.6) is 0 Å². The van der Waals surface area contributed by atoms with Gasteiger partial charge >= 0.3 is 7.60 Å². The molecular weight excluding hydrogens is 537 g/mol. The second kappa shape index (κ2) is 13.4. The first-order chi connectivity index (χ1) is 18.4. The number of Topliss-reactive ketones (excluding diaryl/α,β-unsaturated/α-hetero) is 1. The molecule has 214 valence electrons. The molecule has 2 aromatic carbocycles. The molecule has 39 heavy (non-hydrogen) atoms. The van der Waals surface area contributed by atoms with E-state index >= 15 is 0 Å². The van der Waals surface area contributed by atoms with Gasteiger partial charge in [0.05, 0.1) is 23.6 Å². The number of aryl methyl sites for hydroxylation is 1. The van der Waals surface area contributed by atoms with Crippen LogP contribution in [0.4, 0.5) is 0 Å². The summed E-state index contributed by atoms with van der Waals surface area (Å²) in [5.74, 6) is -1.16. The molecule has 0 aliphatic carbocycles. The third-order valence-electron chi connectivity index (χ3n) is 6.09. The van der Waals surface area contributed by atoms with Gasteiger partial charge in [-0.15, -0.1) is 0 Å². The van der Waals surface area contributed by atoms with Gasteiger partial charge in [-0.2, -0.15) is 4.31 Å². The van der Waals surface area contributed by atoms with Gasteiger partial charge in [0.1, 0.15) is 5.76 Å². The van der Waals surface area contributed by atoms with Gasteiger partial charge in [-0.05, 0) is 53.2 Å². The van der Waals surface area contributed by atoms with Gasteiger partial charge in [-0.1, -0.05) is 61.4 Å². The summed E-state index contributed by atoms with van der Waals surface area (Å²) in [6, 6.07) is 15.5. The largest absolute Gasteiger partial charge is 0.477 e. The number of allylic oxidation sites excluding steroid dienone is 1. The number of ketones is 1. The molecular formula is C29H40NO7PS. The zero-order valence-corrected chi connectivity index (χ0v) is 25.3. The summed E-state index contributed by atoms with van der Waals surface area (Å²) >= 11 is 0. The molecule has 0 unspecified atom stereocenters. The zero-order valence-electron chi connectivity index (χ0n) is 23.6. The molecule has 1 aliphatic heterocycles. The molecule has 1 atom stereocenters. The summed E-state index contributed by atoms with van der Waals surface area (Å²) in [4.78, 5) is 13.4. The Morgan fingerprint density at radius 1 is 0.949 bits per heavy atom. The number of hydrogen-bond acceptors (Lipinski definition) is 7. The Labute approximate surface area is 232 Å².